The summed E-state index contributed by atoms with van der Waals surface area (Å²) in [6.07, 6.45) is -0.911. The second-order valence-corrected chi connectivity index (χ2v) is 10.0. The lowest BCUT2D eigenvalue weighted by atomic mass is 9.95. The third kappa shape index (κ3) is 4.08. The molecule has 2 fully saturated rings. The van der Waals surface area contributed by atoms with E-state index in [-0.39, 0.29) is 24.0 Å². The Hall–Kier alpha value is -4.34. The number of non-ortho nitro benzene ring substituents is 1. The van der Waals surface area contributed by atoms with Gasteiger partial charge in [-0.2, -0.15) is 0 Å². The first kappa shape index (κ1) is 23.1. The quantitative estimate of drug-likeness (QED) is 0.196. The van der Waals surface area contributed by atoms with Crippen molar-refractivity contribution in [1.29, 1.82) is 0 Å². The highest BCUT2D eigenvalue weighted by Gasteiger charge is 2.60. The molecule has 3 aromatic carbocycles. The van der Waals surface area contributed by atoms with Crippen LogP contribution in [0.25, 0.3) is 10.4 Å². The summed E-state index contributed by atoms with van der Waals surface area (Å²) in [5, 5.41) is 12.7. The molecule has 2 aliphatic rings. The molecule has 0 radical (unpaired) electrons. The number of thiophene rings is 1. The van der Waals surface area contributed by atoms with Crippen LogP contribution in [0.1, 0.15) is 16.5 Å². The summed E-state index contributed by atoms with van der Waals surface area (Å²) < 4.78 is 0. The highest BCUT2D eigenvalue weighted by Crippen LogP contribution is 2.49. The van der Waals surface area contributed by atoms with Crippen molar-refractivity contribution in [2.24, 2.45) is 5.92 Å². The molecule has 4 aromatic rings. The predicted molar refractivity (Wildman–Crippen MR) is 138 cm³/mol. The molecule has 37 heavy (non-hydrogen) atoms. The van der Waals surface area contributed by atoms with Crippen LogP contribution in [0.2, 0.25) is 0 Å². The first-order chi connectivity index (χ1) is 18.0. The fourth-order valence-corrected chi connectivity index (χ4v) is 6.04. The molecule has 2 saturated heterocycles. The molecule has 2 amide bonds. The average molecular weight is 512 g/mol. The van der Waals surface area contributed by atoms with Gasteiger partial charge in [-0.1, -0.05) is 48.5 Å². The minimum absolute atomic E-state index is 0.0244. The van der Waals surface area contributed by atoms with Gasteiger partial charge in [0.25, 0.3) is 11.6 Å². The number of nitrogens with zero attached hydrogens (tertiary/aromatic N) is 3. The molecule has 0 spiro atoms. The smallest absolute Gasteiger partial charge is 0.269 e. The third-order valence-electron chi connectivity index (χ3n) is 6.68. The number of amides is 2. The van der Waals surface area contributed by atoms with Crippen LogP contribution in [0.15, 0.2) is 97.1 Å². The number of benzene rings is 3. The standard InChI is InChI=1S/C28H21N3O5S/c32-27-24-25(23-16-15-22(37-23)19-11-13-21(14-12-19)31(34)35)30(20-9-5-2-6-10-20)36-26(24)28(33)29(27)17-18-7-3-1-4-8-18/h1-16,24-26H,17H2. The highest BCUT2D eigenvalue weighted by atomic mass is 32.1. The van der Waals surface area contributed by atoms with Crippen molar-refractivity contribution >= 4 is 34.5 Å². The molecule has 2 aliphatic heterocycles. The zero-order chi connectivity index (χ0) is 25.5. The molecule has 9 heteroatoms. The van der Waals surface area contributed by atoms with Crippen LogP contribution in [0, 0.1) is 16.0 Å². The van der Waals surface area contributed by atoms with Crippen LogP contribution in [-0.4, -0.2) is 27.7 Å². The van der Waals surface area contributed by atoms with E-state index in [9.17, 15) is 19.7 Å². The average Bonchev–Trinajstić information content (AvgIpc) is 3.62. The van der Waals surface area contributed by atoms with Gasteiger partial charge in [-0.05, 0) is 47.5 Å². The van der Waals surface area contributed by atoms with Gasteiger partial charge in [-0.15, -0.1) is 11.3 Å². The second-order valence-electron chi connectivity index (χ2n) is 8.91. The van der Waals surface area contributed by atoms with Crippen LogP contribution >= 0.6 is 11.3 Å². The second kappa shape index (κ2) is 9.27. The number of carbonyl (C=O) groups is 2. The molecule has 0 aliphatic carbocycles. The number of rotatable bonds is 6. The largest absolute Gasteiger partial charge is 0.275 e. The monoisotopic (exact) mass is 511 g/mol. The Morgan fingerprint density at radius 2 is 1.51 bits per heavy atom. The number of hydrogen-bond acceptors (Lipinski definition) is 7. The van der Waals surface area contributed by atoms with Crippen molar-refractivity contribution in [2.45, 2.75) is 18.7 Å². The first-order valence-electron chi connectivity index (χ1n) is 11.8. The Bertz CT molecular complexity index is 1470. The van der Waals surface area contributed by atoms with Crippen LogP contribution in [0.4, 0.5) is 11.4 Å². The number of nitro benzene ring substituents is 1. The highest BCUT2D eigenvalue weighted by molar-refractivity contribution is 7.15. The zero-order valence-electron chi connectivity index (χ0n) is 19.5. The SMILES string of the molecule is O=C1C2ON(c3ccccc3)C(c3ccc(-c4ccc([N+](=O)[O-])cc4)s3)C2C(=O)N1Cc1ccccc1. The minimum atomic E-state index is -0.911. The molecular formula is C28H21N3O5S. The van der Waals surface area contributed by atoms with E-state index >= 15 is 0 Å². The summed E-state index contributed by atoms with van der Waals surface area (Å²) >= 11 is 1.48. The maximum atomic E-state index is 13.7. The summed E-state index contributed by atoms with van der Waals surface area (Å²) in [6, 6.07) is 28.6. The van der Waals surface area contributed by atoms with Crippen molar-refractivity contribution in [2.75, 3.05) is 5.06 Å². The number of imide groups is 1. The number of anilines is 1. The summed E-state index contributed by atoms with van der Waals surface area (Å²) in [5.41, 5.74) is 2.49. The van der Waals surface area contributed by atoms with Gasteiger partial charge < -0.3 is 0 Å². The number of para-hydroxylation sites is 1. The number of hydroxylamine groups is 1. The molecule has 184 valence electrons. The fourth-order valence-electron chi connectivity index (χ4n) is 4.90. The van der Waals surface area contributed by atoms with Crippen LogP contribution < -0.4 is 5.06 Å². The maximum Gasteiger partial charge on any atom is 0.269 e. The van der Waals surface area contributed by atoms with Crippen molar-refractivity contribution in [3.05, 3.63) is 118 Å². The lowest BCUT2D eigenvalue weighted by Gasteiger charge is -2.27. The molecular weight excluding hydrogens is 490 g/mol. The number of hydrogen-bond donors (Lipinski definition) is 0. The van der Waals surface area contributed by atoms with Gasteiger partial charge in [0.05, 0.1) is 17.2 Å². The lowest BCUT2D eigenvalue weighted by molar-refractivity contribution is -0.384. The third-order valence-corrected chi connectivity index (χ3v) is 7.89. The Kier molecular flexibility index (Phi) is 5.78. The molecule has 3 unspecified atom stereocenters. The predicted octanol–water partition coefficient (Wildman–Crippen LogP) is 5.37. The molecule has 0 N–H and O–H groups in total. The van der Waals surface area contributed by atoms with Gasteiger partial charge in [-0.3, -0.25) is 29.4 Å². The first-order valence-corrected chi connectivity index (χ1v) is 12.6. The lowest BCUT2D eigenvalue weighted by Crippen LogP contribution is -2.36. The van der Waals surface area contributed by atoms with Gasteiger partial charge in [0.2, 0.25) is 5.91 Å². The van der Waals surface area contributed by atoms with Crippen LogP contribution in [-0.2, 0) is 21.0 Å². The van der Waals surface area contributed by atoms with E-state index in [2.05, 4.69) is 0 Å². The molecule has 0 bridgehead atoms. The Labute approximate surface area is 216 Å². The van der Waals surface area contributed by atoms with Crippen molar-refractivity contribution in [3.8, 4) is 10.4 Å². The van der Waals surface area contributed by atoms with Crippen LogP contribution in [0.5, 0.6) is 0 Å². The topological polar surface area (TPSA) is 93.0 Å². The number of carbonyl (C=O) groups excluding carboxylic acids is 2. The van der Waals surface area contributed by atoms with Crippen molar-refractivity contribution in [3.63, 3.8) is 0 Å². The number of nitro groups is 1. The Balaban J connectivity index is 1.36. The number of likely N-dealkylation sites (tertiary alicyclic amines) is 1. The summed E-state index contributed by atoms with van der Waals surface area (Å²) in [7, 11) is 0. The molecule has 6 rings (SSSR count). The maximum absolute atomic E-state index is 13.7. The fraction of sp³-hybridized carbons (Fsp3) is 0.143. The molecule has 1 aromatic heterocycles. The van der Waals surface area contributed by atoms with E-state index in [1.54, 1.807) is 17.2 Å². The zero-order valence-corrected chi connectivity index (χ0v) is 20.3. The normalized spacial score (nSPS) is 20.9. The van der Waals surface area contributed by atoms with E-state index < -0.39 is 23.0 Å². The van der Waals surface area contributed by atoms with Crippen molar-refractivity contribution in [1.82, 2.24) is 4.90 Å². The van der Waals surface area contributed by atoms with Gasteiger partial charge in [0.1, 0.15) is 12.0 Å². The van der Waals surface area contributed by atoms with Gasteiger partial charge in [-0.25, -0.2) is 5.06 Å². The molecule has 3 atom stereocenters. The molecule has 8 nitrogen and oxygen atoms in total. The van der Waals surface area contributed by atoms with Crippen molar-refractivity contribution < 1.29 is 19.3 Å². The summed E-state index contributed by atoms with van der Waals surface area (Å²) in [6.45, 7) is 0.200. The Morgan fingerprint density at radius 1 is 0.838 bits per heavy atom. The van der Waals surface area contributed by atoms with Gasteiger partial charge in [0, 0.05) is 21.9 Å². The van der Waals surface area contributed by atoms with E-state index in [1.807, 2.05) is 72.8 Å². The van der Waals surface area contributed by atoms with E-state index in [1.165, 1.54) is 28.4 Å². The van der Waals surface area contributed by atoms with E-state index in [0.29, 0.717) is 0 Å². The van der Waals surface area contributed by atoms with Crippen LogP contribution in [0.3, 0.4) is 0 Å². The van der Waals surface area contributed by atoms with Gasteiger partial charge >= 0.3 is 0 Å². The summed E-state index contributed by atoms with van der Waals surface area (Å²) in [4.78, 5) is 46.9. The van der Waals surface area contributed by atoms with E-state index in [0.717, 1.165) is 26.6 Å². The molecule has 3 heterocycles. The molecule has 0 saturated carbocycles. The van der Waals surface area contributed by atoms with E-state index in [4.69, 9.17) is 4.84 Å². The summed E-state index contributed by atoms with van der Waals surface area (Å²) in [5.74, 6) is -1.29. The van der Waals surface area contributed by atoms with Gasteiger partial charge in [0.15, 0.2) is 6.10 Å². The Morgan fingerprint density at radius 3 is 2.19 bits per heavy atom. The minimum Gasteiger partial charge on any atom is -0.275 e. The number of fused-ring (bicyclic) bond motifs is 1.